The quantitative estimate of drug-likeness (QED) is 0.524. The lowest BCUT2D eigenvalue weighted by Crippen LogP contribution is -2.31. The van der Waals surface area contributed by atoms with E-state index in [-0.39, 0.29) is 18.1 Å². The summed E-state index contributed by atoms with van der Waals surface area (Å²) in [5.74, 6) is 1.31. The molecule has 1 N–H and O–H groups in total. The fourth-order valence-corrected chi connectivity index (χ4v) is 3.74. The predicted molar refractivity (Wildman–Crippen MR) is 118 cm³/mol. The second-order valence-electron chi connectivity index (χ2n) is 7.50. The second kappa shape index (κ2) is 8.18. The third kappa shape index (κ3) is 3.80. The molecule has 3 aromatic heterocycles. The lowest BCUT2D eigenvalue weighted by molar-refractivity contribution is -0.118. The SMILES string of the molecule is Cn1nccc1Nc1nccc(-c2cnc3c(c2)CCN3C(=O)Cc2ccccc2F)n1. The van der Waals surface area contributed by atoms with E-state index in [1.807, 2.05) is 25.2 Å². The van der Waals surface area contributed by atoms with Crippen LogP contribution in [-0.2, 0) is 24.7 Å². The summed E-state index contributed by atoms with van der Waals surface area (Å²) in [7, 11) is 1.83. The number of carbonyl (C=O) groups is 1. The van der Waals surface area contributed by atoms with Crippen molar-refractivity contribution in [3.63, 3.8) is 0 Å². The average molecular weight is 429 g/mol. The van der Waals surface area contributed by atoms with Gasteiger partial charge in [0.2, 0.25) is 11.9 Å². The first-order chi connectivity index (χ1) is 15.6. The Bertz CT molecular complexity index is 1300. The summed E-state index contributed by atoms with van der Waals surface area (Å²) < 4.78 is 15.6. The zero-order valence-corrected chi connectivity index (χ0v) is 17.4. The highest BCUT2D eigenvalue weighted by molar-refractivity contribution is 5.96. The van der Waals surface area contributed by atoms with Crippen molar-refractivity contribution in [2.75, 3.05) is 16.8 Å². The predicted octanol–water partition coefficient (Wildman–Crippen LogP) is 3.29. The van der Waals surface area contributed by atoms with Gasteiger partial charge in [-0.1, -0.05) is 18.2 Å². The van der Waals surface area contributed by atoms with Crippen LogP contribution in [0.4, 0.5) is 22.0 Å². The van der Waals surface area contributed by atoms with Gasteiger partial charge in [-0.25, -0.2) is 19.3 Å². The van der Waals surface area contributed by atoms with Crippen LogP contribution in [0.5, 0.6) is 0 Å². The molecule has 4 aromatic rings. The van der Waals surface area contributed by atoms with E-state index >= 15 is 0 Å². The highest BCUT2D eigenvalue weighted by atomic mass is 19.1. The molecule has 0 spiro atoms. The van der Waals surface area contributed by atoms with Crippen molar-refractivity contribution in [3.05, 3.63) is 78.0 Å². The van der Waals surface area contributed by atoms with Crippen LogP contribution < -0.4 is 10.2 Å². The molecule has 1 aliphatic rings. The Kier molecular flexibility index (Phi) is 5.06. The Morgan fingerprint density at radius 2 is 2.03 bits per heavy atom. The van der Waals surface area contributed by atoms with Crippen molar-refractivity contribution >= 4 is 23.5 Å². The molecule has 9 heteroatoms. The van der Waals surface area contributed by atoms with E-state index in [9.17, 15) is 9.18 Å². The van der Waals surface area contributed by atoms with Gasteiger partial charge in [0.1, 0.15) is 17.5 Å². The molecule has 160 valence electrons. The first kappa shape index (κ1) is 19.8. The number of aromatic nitrogens is 5. The summed E-state index contributed by atoms with van der Waals surface area (Å²) >= 11 is 0. The molecule has 0 unspecified atom stereocenters. The summed E-state index contributed by atoms with van der Waals surface area (Å²) in [5.41, 5.74) is 2.90. The van der Waals surface area contributed by atoms with Gasteiger partial charge >= 0.3 is 0 Å². The number of pyridine rings is 1. The van der Waals surface area contributed by atoms with Gasteiger partial charge in [-0.3, -0.25) is 14.4 Å². The molecule has 1 aliphatic heterocycles. The summed E-state index contributed by atoms with van der Waals surface area (Å²) in [5, 5.41) is 7.26. The van der Waals surface area contributed by atoms with E-state index in [0.717, 1.165) is 22.6 Å². The van der Waals surface area contributed by atoms with Crippen molar-refractivity contribution in [1.29, 1.82) is 0 Å². The van der Waals surface area contributed by atoms with Crippen LogP contribution in [0, 0.1) is 5.82 Å². The second-order valence-corrected chi connectivity index (χ2v) is 7.50. The molecule has 1 aromatic carbocycles. The number of carbonyl (C=O) groups excluding carboxylic acids is 1. The van der Waals surface area contributed by atoms with Crippen LogP contribution in [0.15, 0.2) is 61.1 Å². The summed E-state index contributed by atoms with van der Waals surface area (Å²) in [4.78, 5) is 27.8. The minimum atomic E-state index is -0.372. The maximum absolute atomic E-state index is 13.9. The van der Waals surface area contributed by atoms with Crippen molar-refractivity contribution in [1.82, 2.24) is 24.7 Å². The zero-order chi connectivity index (χ0) is 22.1. The number of hydrogen-bond donors (Lipinski definition) is 1. The molecule has 0 aliphatic carbocycles. The van der Waals surface area contributed by atoms with E-state index < -0.39 is 0 Å². The average Bonchev–Trinajstić information content (AvgIpc) is 3.41. The Morgan fingerprint density at radius 3 is 2.84 bits per heavy atom. The largest absolute Gasteiger partial charge is 0.309 e. The highest BCUT2D eigenvalue weighted by Gasteiger charge is 2.27. The van der Waals surface area contributed by atoms with Crippen molar-refractivity contribution in [2.45, 2.75) is 12.8 Å². The standard InChI is InChI=1S/C23H20FN7O/c1-30-20(7-10-27-30)29-23-25-9-6-19(28-23)17-12-16-8-11-31(22(16)26-14-17)21(32)13-15-4-2-3-5-18(15)24/h2-7,9-10,12,14H,8,11,13H2,1H3,(H,25,28,29). The Balaban J connectivity index is 1.36. The Hall–Kier alpha value is -4.14. The number of rotatable bonds is 5. The van der Waals surface area contributed by atoms with Crippen molar-refractivity contribution < 1.29 is 9.18 Å². The first-order valence-corrected chi connectivity index (χ1v) is 10.2. The molecule has 1 amide bonds. The van der Waals surface area contributed by atoms with Gasteiger partial charge in [-0.05, 0) is 35.7 Å². The number of nitrogens with one attached hydrogen (secondary N) is 1. The lowest BCUT2D eigenvalue weighted by Gasteiger charge is -2.16. The highest BCUT2D eigenvalue weighted by Crippen LogP contribution is 2.30. The van der Waals surface area contributed by atoms with Gasteiger partial charge in [0, 0.05) is 37.6 Å². The van der Waals surface area contributed by atoms with Gasteiger partial charge < -0.3 is 5.32 Å². The normalized spacial score (nSPS) is 12.6. The number of benzene rings is 1. The topological polar surface area (TPSA) is 88.8 Å². The maximum atomic E-state index is 13.9. The van der Waals surface area contributed by atoms with Crippen molar-refractivity contribution in [2.24, 2.45) is 7.05 Å². The molecule has 0 fully saturated rings. The van der Waals surface area contributed by atoms with Crippen LogP contribution in [-0.4, -0.2) is 37.2 Å². The van der Waals surface area contributed by atoms with Crippen LogP contribution in [0.2, 0.25) is 0 Å². The first-order valence-electron chi connectivity index (χ1n) is 10.2. The molecule has 0 saturated carbocycles. The van der Waals surface area contributed by atoms with Gasteiger partial charge in [0.25, 0.3) is 0 Å². The van der Waals surface area contributed by atoms with Crippen LogP contribution in [0.25, 0.3) is 11.3 Å². The zero-order valence-electron chi connectivity index (χ0n) is 17.4. The van der Waals surface area contributed by atoms with E-state index in [1.165, 1.54) is 6.07 Å². The summed E-state index contributed by atoms with van der Waals surface area (Å²) in [6.07, 6.45) is 5.76. The maximum Gasteiger partial charge on any atom is 0.232 e. The van der Waals surface area contributed by atoms with Gasteiger partial charge in [0.05, 0.1) is 18.3 Å². The molecule has 4 heterocycles. The smallest absolute Gasteiger partial charge is 0.232 e. The number of aryl methyl sites for hydroxylation is 1. The number of fused-ring (bicyclic) bond motifs is 1. The molecular weight excluding hydrogens is 409 g/mol. The van der Waals surface area contributed by atoms with Crippen LogP contribution in [0.1, 0.15) is 11.1 Å². The van der Waals surface area contributed by atoms with E-state index in [4.69, 9.17) is 0 Å². The van der Waals surface area contributed by atoms with Crippen LogP contribution >= 0.6 is 0 Å². The monoisotopic (exact) mass is 429 g/mol. The van der Waals surface area contributed by atoms with Crippen molar-refractivity contribution in [3.8, 4) is 11.3 Å². The number of hydrogen-bond acceptors (Lipinski definition) is 6. The minimum Gasteiger partial charge on any atom is -0.309 e. The van der Waals surface area contributed by atoms with Crippen LogP contribution in [0.3, 0.4) is 0 Å². The molecule has 0 saturated heterocycles. The van der Waals surface area contributed by atoms with Gasteiger partial charge in [-0.15, -0.1) is 0 Å². The third-order valence-electron chi connectivity index (χ3n) is 5.42. The Morgan fingerprint density at radius 1 is 1.16 bits per heavy atom. The van der Waals surface area contributed by atoms with Gasteiger partial charge in [0.15, 0.2) is 0 Å². The van der Waals surface area contributed by atoms with Gasteiger partial charge in [-0.2, -0.15) is 5.10 Å². The fourth-order valence-electron chi connectivity index (χ4n) is 3.74. The number of anilines is 3. The lowest BCUT2D eigenvalue weighted by atomic mass is 10.1. The molecule has 0 atom stereocenters. The van der Waals surface area contributed by atoms with E-state index in [0.29, 0.717) is 30.3 Å². The summed E-state index contributed by atoms with van der Waals surface area (Å²) in [6, 6.07) is 12.0. The number of amides is 1. The number of nitrogens with zero attached hydrogens (tertiary/aromatic N) is 6. The van der Waals surface area contributed by atoms with E-state index in [1.54, 1.807) is 46.4 Å². The molecular formula is C23H20FN7O. The Labute approximate surface area is 183 Å². The number of halogens is 1. The molecule has 5 rings (SSSR count). The molecule has 0 bridgehead atoms. The summed E-state index contributed by atoms with van der Waals surface area (Å²) in [6.45, 7) is 0.524. The van der Waals surface area contributed by atoms with E-state index in [2.05, 4.69) is 25.4 Å². The molecule has 32 heavy (non-hydrogen) atoms. The third-order valence-corrected chi connectivity index (χ3v) is 5.42. The fraction of sp³-hybridized carbons (Fsp3) is 0.174. The molecule has 0 radical (unpaired) electrons. The molecule has 8 nitrogen and oxygen atoms in total. The minimum absolute atomic E-state index is 0.00446.